The molecule has 2 aliphatic rings. The van der Waals surface area contributed by atoms with Crippen molar-refractivity contribution in [2.75, 3.05) is 30.9 Å². The number of ether oxygens (including phenoxy) is 1. The Balaban J connectivity index is 1.89. The average molecular weight is 439 g/mol. The predicted octanol–water partition coefficient (Wildman–Crippen LogP) is 0.934. The number of anilines is 1. The maximum Gasteiger partial charge on any atom is 0.404 e. The normalized spacial score (nSPS) is 22.0. The van der Waals surface area contributed by atoms with Crippen LogP contribution in [0.4, 0.5) is 19.3 Å². The van der Waals surface area contributed by atoms with E-state index in [1.165, 1.54) is 23.5 Å². The first-order valence-corrected chi connectivity index (χ1v) is 9.85. The van der Waals surface area contributed by atoms with Crippen LogP contribution in [0.15, 0.2) is 15.7 Å². The van der Waals surface area contributed by atoms with E-state index in [9.17, 15) is 14.4 Å². The van der Waals surface area contributed by atoms with E-state index in [1.807, 2.05) is 0 Å². The minimum atomic E-state index is -1.94. The number of amides is 1. The fraction of sp³-hybridized carbons (Fsp3) is 0.526. The minimum absolute atomic E-state index is 0.0467. The van der Waals surface area contributed by atoms with Crippen LogP contribution < -0.4 is 32.0 Å². The number of aromatic nitrogens is 2. The second kappa shape index (κ2) is 7.13. The second-order valence-corrected chi connectivity index (χ2v) is 8.07. The van der Waals surface area contributed by atoms with Crippen molar-refractivity contribution in [3.63, 3.8) is 0 Å². The first-order chi connectivity index (χ1) is 14.6. The first-order valence-electron chi connectivity index (χ1n) is 9.85. The van der Waals surface area contributed by atoms with Crippen molar-refractivity contribution in [3.05, 3.63) is 32.7 Å². The van der Waals surface area contributed by atoms with Gasteiger partial charge in [-0.3, -0.25) is 9.36 Å². The fourth-order valence-corrected chi connectivity index (χ4v) is 4.25. The lowest BCUT2D eigenvalue weighted by Gasteiger charge is -2.29. The molecule has 1 aliphatic carbocycles. The van der Waals surface area contributed by atoms with Gasteiger partial charge in [0, 0.05) is 19.0 Å². The van der Waals surface area contributed by atoms with Crippen molar-refractivity contribution >= 4 is 22.7 Å². The highest BCUT2D eigenvalue weighted by atomic mass is 19.1. The number of alkyl halides is 1. The monoisotopic (exact) mass is 439 g/mol. The van der Waals surface area contributed by atoms with E-state index in [0.29, 0.717) is 17.5 Å². The van der Waals surface area contributed by atoms with Gasteiger partial charge >= 0.3 is 11.8 Å². The van der Waals surface area contributed by atoms with Gasteiger partial charge in [-0.15, -0.1) is 0 Å². The van der Waals surface area contributed by atoms with Gasteiger partial charge in [0.1, 0.15) is 16.9 Å². The number of nitrogen functional groups attached to an aromatic ring is 1. The topological polar surface area (TPSA) is 132 Å². The predicted molar refractivity (Wildman–Crippen MR) is 109 cm³/mol. The summed E-state index contributed by atoms with van der Waals surface area (Å²) in [6.07, 6.45) is -0.0178. The number of hydrogen-bond donors (Lipinski definition) is 3. The number of halogens is 2. The van der Waals surface area contributed by atoms with Gasteiger partial charge in [0.15, 0.2) is 11.6 Å². The Labute approximate surface area is 174 Å². The summed E-state index contributed by atoms with van der Waals surface area (Å²) in [5.74, 6) is 4.73. The number of nitrogens with two attached hydrogens (primary N) is 1. The fourth-order valence-electron chi connectivity index (χ4n) is 4.25. The van der Waals surface area contributed by atoms with E-state index in [4.69, 9.17) is 15.7 Å². The Morgan fingerprint density at radius 2 is 2.10 bits per heavy atom. The SMILES string of the molecule is COc1c(N2CCC(F)(C(C)NC(=O)O)C2)c(F)cc2c(=O)n(N)c(=O)n(C3CC3)c12. The number of nitrogens with zero attached hydrogens (tertiary/aromatic N) is 3. The Bertz CT molecular complexity index is 1190. The van der Waals surface area contributed by atoms with E-state index >= 15 is 8.78 Å². The lowest BCUT2D eigenvalue weighted by Crippen LogP contribution is -2.49. The van der Waals surface area contributed by atoms with Crippen molar-refractivity contribution in [2.24, 2.45) is 0 Å². The standard InChI is InChI=1S/C19H23F2N5O5/c1-9(23-17(28)29)19(21)5-6-24(8-19)14-12(20)7-11-13(15(14)31-2)25(10-3-4-10)18(30)26(22)16(11)27/h7,9-10,23H,3-6,8,22H2,1-2H3,(H,28,29). The molecule has 0 radical (unpaired) electrons. The zero-order valence-electron chi connectivity index (χ0n) is 17.0. The molecule has 31 heavy (non-hydrogen) atoms. The molecule has 1 amide bonds. The highest BCUT2D eigenvalue weighted by molar-refractivity contribution is 5.91. The summed E-state index contributed by atoms with van der Waals surface area (Å²) in [6, 6.07) is -0.246. The quantitative estimate of drug-likeness (QED) is 0.591. The largest absolute Gasteiger partial charge is 0.492 e. The Morgan fingerprint density at radius 3 is 2.68 bits per heavy atom. The van der Waals surface area contributed by atoms with E-state index in [2.05, 4.69) is 5.32 Å². The third kappa shape index (κ3) is 3.26. The van der Waals surface area contributed by atoms with Gasteiger partial charge in [-0.1, -0.05) is 0 Å². The number of methoxy groups -OCH3 is 1. The molecule has 10 nitrogen and oxygen atoms in total. The lowest BCUT2D eigenvalue weighted by atomic mass is 9.97. The summed E-state index contributed by atoms with van der Waals surface area (Å²) in [4.78, 5) is 37.6. The van der Waals surface area contributed by atoms with Crippen LogP contribution in [0.1, 0.15) is 32.2 Å². The Morgan fingerprint density at radius 1 is 1.42 bits per heavy atom. The molecule has 1 aromatic carbocycles. The van der Waals surface area contributed by atoms with Crippen molar-refractivity contribution in [3.8, 4) is 5.75 Å². The third-order valence-electron chi connectivity index (χ3n) is 6.08. The molecule has 2 aromatic rings. The van der Waals surface area contributed by atoms with Crippen LogP contribution in [0, 0.1) is 5.82 Å². The Kier molecular flexibility index (Phi) is 4.82. The average Bonchev–Trinajstić information content (AvgIpc) is 3.46. The van der Waals surface area contributed by atoms with E-state index in [1.54, 1.807) is 0 Å². The van der Waals surface area contributed by atoms with Gasteiger partial charge in [0.05, 0.1) is 25.1 Å². The van der Waals surface area contributed by atoms with Crippen molar-refractivity contribution < 1.29 is 23.4 Å². The number of rotatable bonds is 5. The molecule has 2 atom stereocenters. The van der Waals surface area contributed by atoms with Crippen LogP contribution in [0.3, 0.4) is 0 Å². The summed E-state index contributed by atoms with van der Waals surface area (Å²) < 4.78 is 37.9. The molecule has 0 bridgehead atoms. The highest BCUT2D eigenvalue weighted by Gasteiger charge is 2.45. The molecule has 2 heterocycles. The summed E-state index contributed by atoms with van der Waals surface area (Å²) in [7, 11) is 1.28. The van der Waals surface area contributed by atoms with E-state index in [-0.39, 0.29) is 47.9 Å². The molecular formula is C19H23F2N5O5. The summed E-state index contributed by atoms with van der Waals surface area (Å²) >= 11 is 0. The highest BCUT2D eigenvalue weighted by Crippen LogP contribution is 2.44. The lowest BCUT2D eigenvalue weighted by molar-refractivity contribution is 0.127. The number of nitrogens with one attached hydrogen (secondary N) is 1. The zero-order chi connectivity index (χ0) is 22.7. The summed E-state index contributed by atoms with van der Waals surface area (Å²) in [5, 5.41) is 10.9. The molecule has 2 fully saturated rings. The second-order valence-electron chi connectivity index (χ2n) is 8.07. The van der Waals surface area contributed by atoms with Crippen molar-refractivity contribution in [1.29, 1.82) is 0 Å². The van der Waals surface area contributed by atoms with Gasteiger partial charge in [0.2, 0.25) is 0 Å². The van der Waals surface area contributed by atoms with Crippen LogP contribution in [0.5, 0.6) is 5.75 Å². The van der Waals surface area contributed by atoms with Crippen LogP contribution in [-0.4, -0.2) is 52.4 Å². The summed E-state index contributed by atoms with van der Waals surface area (Å²) in [6.45, 7) is 1.19. The molecule has 1 aliphatic heterocycles. The van der Waals surface area contributed by atoms with Crippen LogP contribution in [0.25, 0.3) is 10.9 Å². The number of fused-ring (bicyclic) bond motifs is 1. The number of benzene rings is 1. The molecule has 2 unspecified atom stereocenters. The van der Waals surface area contributed by atoms with Crippen molar-refractivity contribution in [2.45, 2.75) is 43.9 Å². The van der Waals surface area contributed by atoms with E-state index in [0.717, 1.165) is 6.07 Å². The van der Waals surface area contributed by atoms with Gasteiger partial charge in [-0.2, -0.15) is 4.68 Å². The molecule has 12 heteroatoms. The molecule has 1 saturated heterocycles. The number of carbonyl (C=O) groups is 1. The molecule has 0 spiro atoms. The van der Waals surface area contributed by atoms with Gasteiger partial charge in [-0.25, -0.2) is 18.4 Å². The minimum Gasteiger partial charge on any atom is -0.492 e. The van der Waals surface area contributed by atoms with E-state index < -0.39 is 34.9 Å². The maximum absolute atomic E-state index is 15.4. The van der Waals surface area contributed by atoms with Gasteiger partial charge < -0.3 is 25.9 Å². The van der Waals surface area contributed by atoms with Crippen molar-refractivity contribution in [1.82, 2.24) is 14.6 Å². The molecule has 1 aromatic heterocycles. The van der Waals surface area contributed by atoms with Crippen LogP contribution >= 0.6 is 0 Å². The Hall–Kier alpha value is -3.31. The third-order valence-corrected chi connectivity index (χ3v) is 6.08. The zero-order valence-corrected chi connectivity index (χ0v) is 17.0. The first kappa shape index (κ1) is 20.9. The van der Waals surface area contributed by atoms with Gasteiger partial charge in [-0.05, 0) is 25.8 Å². The molecule has 1 saturated carbocycles. The molecule has 4 N–H and O–H groups in total. The van der Waals surface area contributed by atoms with Crippen LogP contribution in [0.2, 0.25) is 0 Å². The smallest absolute Gasteiger partial charge is 0.404 e. The number of carboxylic acid groups (broad SMARTS) is 1. The molecule has 168 valence electrons. The molecule has 4 rings (SSSR count). The number of hydrogen-bond acceptors (Lipinski definition) is 6. The summed E-state index contributed by atoms with van der Waals surface area (Å²) in [5.41, 5.74) is -3.51. The van der Waals surface area contributed by atoms with Crippen LogP contribution in [-0.2, 0) is 0 Å². The maximum atomic E-state index is 15.4. The van der Waals surface area contributed by atoms with Gasteiger partial charge in [0.25, 0.3) is 5.56 Å². The molecular weight excluding hydrogens is 416 g/mol.